The van der Waals surface area contributed by atoms with Crippen LogP contribution in [0.3, 0.4) is 0 Å². The lowest BCUT2D eigenvalue weighted by Crippen LogP contribution is -2.08. The molecule has 14 heavy (non-hydrogen) atoms. The largest absolute Gasteiger partial charge is 0.103 e. The monoisotopic (exact) mass is 192 g/mol. The second-order valence-electron chi connectivity index (χ2n) is 4.13. The van der Waals surface area contributed by atoms with E-state index in [4.69, 9.17) is 0 Å². The van der Waals surface area contributed by atoms with Gasteiger partial charge in [-0.25, -0.2) is 0 Å². The normalized spacial score (nSPS) is 17.8. The molecule has 2 unspecified atom stereocenters. The topological polar surface area (TPSA) is 0 Å². The molecular weight excluding hydrogens is 168 g/mol. The van der Waals surface area contributed by atoms with Crippen LogP contribution in [0.4, 0.5) is 0 Å². The van der Waals surface area contributed by atoms with E-state index in [1.807, 2.05) is 6.08 Å². The van der Waals surface area contributed by atoms with Crippen LogP contribution in [0.2, 0.25) is 0 Å². The Balaban J connectivity index is 4.58. The zero-order valence-electron chi connectivity index (χ0n) is 10.3. The summed E-state index contributed by atoms with van der Waals surface area (Å²) in [6.45, 7) is 14.9. The van der Waals surface area contributed by atoms with E-state index in [9.17, 15) is 0 Å². The van der Waals surface area contributed by atoms with Crippen LogP contribution in [0.5, 0.6) is 0 Å². The predicted molar refractivity (Wildman–Crippen MR) is 66.3 cm³/mol. The number of hydrogen-bond acceptors (Lipinski definition) is 0. The van der Waals surface area contributed by atoms with Crippen LogP contribution in [0.1, 0.15) is 41.0 Å². The van der Waals surface area contributed by atoms with Gasteiger partial charge in [0.15, 0.2) is 0 Å². The van der Waals surface area contributed by atoms with Crippen molar-refractivity contribution in [2.24, 2.45) is 11.8 Å². The van der Waals surface area contributed by atoms with Gasteiger partial charge in [-0.3, -0.25) is 0 Å². The highest BCUT2D eigenvalue weighted by molar-refractivity contribution is 5.16. The lowest BCUT2D eigenvalue weighted by atomic mass is 9.86. The van der Waals surface area contributed by atoms with E-state index < -0.39 is 0 Å². The van der Waals surface area contributed by atoms with Crippen LogP contribution >= 0.6 is 0 Å². The molecule has 0 spiro atoms. The molecule has 0 aliphatic rings. The molecule has 0 rings (SSSR count). The number of allylic oxidation sites excluding steroid dienone is 5. The van der Waals surface area contributed by atoms with Gasteiger partial charge < -0.3 is 0 Å². The molecule has 0 nitrogen and oxygen atoms in total. The summed E-state index contributed by atoms with van der Waals surface area (Å²) in [5.74, 6) is 1.26. The lowest BCUT2D eigenvalue weighted by molar-refractivity contribution is 0.523. The Morgan fingerprint density at radius 3 is 2.29 bits per heavy atom. The third kappa shape index (κ3) is 3.95. The summed E-state index contributed by atoms with van der Waals surface area (Å²) < 4.78 is 0. The quantitative estimate of drug-likeness (QED) is 0.551. The van der Waals surface area contributed by atoms with E-state index >= 15 is 0 Å². The average molecular weight is 192 g/mol. The van der Waals surface area contributed by atoms with Crippen molar-refractivity contribution < 1.29 is 0 Å². The van der Waals surface area contributed by atoms with E-state index in [1.54, 1.807) is 0 Å². The zero-order chi connectivity index (χ0) is 11.1. The van der Waals surface area contributed by atoms with Crippen LogP contribution in [0.25, 0.3) is 0 Å². The van der Waals surface area contributed by atoms with Crippen LogP contribution in [0.15, 0.2) is 36.0 Å². The van der Waals surface area contributed by atoms with Crippen LogP contribution in [-0.2, 0) is 0 Å². The maximum atomic E-state index is 3.78. The molecule has 0 saturated heterocycles. The van der Waals surface area contributed by atoms with Crippen molar-refractivity contribution in [1.82, 2.24) is 0 Å². The number of hydrogen-bond donors (Lipinski definition) is 0. The summed E-state index contributed by atoms with van der Waals surface area (Å²) in [5, 5.41) is 0. The summed E-state index contributed by atoms with van der Waals surface area (Å²) in [5.41, 5.74) is 2.97. The van der Waals surface area contributed by atoms with E-state index in [0.29, 0.717) is 11.8 Å². The predicted octanol–water partition coefficient (Wildman–Crippen LogP) is 4.75. The lowest BCUT2D eigenvalue weighted by Gasteiger charge is -2.19. The minimum absolute atomic E-state index is 0.625. The highest BCUT2D eigenvalue weighted by atomic mass is 14.2. The molecule has 80 valence electrons. The van der Waals surface area contributed by atoms with E-state index in [2.05, 4.69) is 53.3 Å². The molecule has 0 aromatic heterocycles. The maximum Gasteiger partial charge on any atom is -0.0142 e. The first-order chi connectivity index (χ1) is 6.54. The summed E-state index contributed by atoms with van der Waals surface area (Å²) in [6.07, 6.45) is 7.40. The van der Waals surface area contributed by atoms with Gasteiger partial charge in [-0.05, 0) is 39.0 Å². The molecule has 0 N–H and O–H groups in total. The summed E-state index contributed by atoms with van der Waals surface area (Å²) in [6, 6.07) is 0. The Morgan fingerprint density at radius 2 is 1.86 bits per heavy atom. The van der Waals surface area contributed by atoms with E-state index in [0.717, 1.165) is 6.42 Å². The van der Waals surface area contributed by atoms with Gasteiger partial charge in [-0.2, -0.15) is 0 Å². The second kappa shape index (κ2) is 6.64. The molecule has 0 aliphatic heterocycles. The van der Waals surface area contributed by atoms with Crippen molar-refractivity contribution in [2.75, 3.05) is 0 Å². The Morgan fingerprint density at radius 1 is 1.29 bits per heavy atom. The smallest absolute Gasteiger partial charge is 0.0142 e. The van der Waals surface area contributed by atoms with Gasteiger partial charge in [-0.15, -0.1) is 6.58 Å². The van der Waals surface area contributed by atoms with Crippen LogP contribution < -0.4 is 0 Å². The van der Waals surface area contributed by atoms with Gasteiger partial charge >= 0.3 is 0 Å². The molecule has 0 heterocycles. The third-order valence-corrected chi connectivity index (χ3v) is 3.09. The fourth-order valence-corrected chi connectivity index (χ4v) is 1.63. The Hall–Kier alpha value is -0.780. The first-order valence-corrected chi connectivity index (χ1v) is 5.44. The summed E-state index contributed by atoms with van der Waals surface area (Å²) in [7, 11) is 0. The SMILES string of the molecule is C=CC/C(C)=C(\C)C(C)C(C)/C=C/C. The van der Waals surface area contributed by atoms with E-state index in [-0.39, 0.29) is 0 Å². The Labute approximate surface area is 89.4 Å². The Kier molecular flexibility index (Phi) is 6.27. The standard InChI is InChI=1S/C14H24/c1-7-9-11(3)13(5)14(6)12(4)10-8-2/h7-8,10,12,14H,1,9H2,2-6H3/b10-8+,13-11+. The molecule has 0 heteroatoms. The molecule has 0 bridgehead atoms. The van der Waals surface area contributed by atoms with Crippen molar-refractivity contribution in [3.05, 3.63) is 36.0 Å². The van der Waals surface area contributed by atoms with Crippen molar-refractivity contribution in [3.63, 3.8) is 0 Å². The fourth-order valence-electron chi connectivity index (χ4n) is 1.63. The van der Waals surface area contributed by atoms with Gasteiger partial charge in [0.25, 0.3) is 0 Å². The van der Waals surface area contributed by atoms with Gasteiger partial charge in [0.1, 0.15) is 0 Å². The van der Waals surface area contributed by atoms with Crippen LogP contribution in [-0.4, -0.2) is 0 Å². The minimum atomic E-state index is 0.625. The fraction of sp³-hybridized carbons (Fsp3) is 0.571. The Bertz CT molecular complexity index is 230. The van der Waals surface area contributed by atoms with Crippen molar-refractivity contribution in [1.29, 1.82) is 0 Å². The van der Waals surface area contributed by atoms with Crippen molar-refractivity contribution >= 4 is 0 Å². The summed E-state index contributed by atoms with van der Waals surface area (Å²) >= 11 is 0. The molecule has 0 aliphatic carbocycles. The molecule has 2 atom stereocenters. The van der Waals surface area contributed by atoms with E-state index in [1.165, 1.54) is 11.1 Å². The summed E-state index contributed by atoms with van der Waals surface area (Å²) in [4.78, 5) is 0. The van der Waals surface area contributed by atoms with Crippen LogP contribution in [0, 0.1) is 11.8 Å². The first-order valence-electron chi connectivity index (χ1n) is 5.44. The second-order valence-corrected chi connectivity index (χ2v) is 4.13. The van der Waals surface area contributed by atoms with Crippen molar-refractivity contribution in [2.45, 2.75) is 41.0 Å². The molecule has 0 saturated carbocycles. The van der Waals surface area contributed by atoms with Gasteiger partial charge in [0.2, 0.25) is 0 Å². The molecule has 0 radical (unpaired) electrons. The van der Waals surface area contributed by atoms with Gasteiger partial charge in [0.05, 0.1) is 0 Å². The maximum absolute atomic E-state index is 3.78. The third-order valence-electron chi connectivity index (χ3n) is 3.09. The highest BCUT2D eigenvalue weighted by Crippen LogP contribution is 2.24. The molecular formula is C14H24. The van der Waals surface area contributed by atoms with Gasteiger partial charge in [0, 0.05) is 0 Å². The molecule has 0 aromatic carbocycles. The zero-order valence-corrected chi connectivity index (χ0v) is 10.3. The van der Waals surface area contributed by atoms with Crippen molar-refractivity contribution in [3.8, 4) is 0 Å². The average Bonchev–Trinajstić information content (AvgIpc) is 2.16. The molecule has 0 amide bonds. The molecule has 0 fully saturated rings. The highest BCUT2D eigenvalue weighted by Gasteiger charge is 2.12. The minimum Gasteiger partial charge on any atom is -0.103 e. The van der Waals surface area contributed by atoms with Gasteiger partial charge in [-0.1, -0.05) is 43.2 Å². The number of rotatable bonds is 5. The first kappa shape index (κ1) is 13.2. The molecule has 0 aromatic rings.